The maximum Gasteiger partial charge on any atom is 0.347 e. The summed E-state index contributed by atoms with van der Waals surface area (Å²) < 4.78 is 30.5. The van der Waals surface area contributed by atoms with Crippen molar-refractivity contribution in [1.82, 2.24) is 15.2 Å². The number of hydrogen-bond donors (Lipinski definition) is 2. The predicted octanol–water partition coefficient (Wildman–Crippen LogP) is 3.06. The molecule has 214 valence electrons. The number of halogens is 2. The van der Waals surface area contributed by atoms with Crippen LogP contribution in [-0.2, 0) is 28.6 Å². The quantitative estimate of drug-likeness (QED) is 0.394. The zero-order valence-corrected chi connectivity index (χ0v) is 24.3. The third-order valence-corrected chi connectivity index (χ3v) is 7.56. The van der Waals surface area contributed by atoms with E-state index >= 15 is 0 Å². The summed E-state index contributed by atoms with van der Waals surface area (Å²) in [4.78, 5) is 48.9. The molecule has 0 amide bonds. The van der Waals surface area contributed by atoms with Gasteiger partial charge in [0.25, 0.3) is 0 Å². The van der Waals surface area contributed by atoms with Crippen molar-refractivity contribution in [3.8, 4) is 0 Å². The van der Waals surface area contributed by atoms with E-state index in [1.54, 1.807) is 30.3 Å². The Morgan fingerprint density at radius 2 is 2.08 bits per heavy atom. The van der Waals surface area contributed by atoms with Gasteiger partial charge in [0.1, 0.15) is 17.9 Å². The van der Waals surface area contributed by atoms with Gasteiger partial charge in [-0.2, -0.15) is 0 Å². The van der Waals surface area contributed by atoms with Crippen molar-refractivity contribution in [1.29, 1.82) is 0 Å². The summed E-state index contributed by atoms with van der Waals surface area (Å²) in [5.74, 6) is -2.81. The summed E-state index contributed by atoms with van der Waals surface area (Å²) in [7, 11) is 0. The number of aliphatic imine (C=N–C) groups is 1. The van der Waals surface area contributed by atoms with Crippen LogP contribution in [0.2, 0.25) is 0 Å². The number of ether oxygens (including phenoxy) is 3. The topological polar surface area (TPSA) is 140 Å². The summed E-state index contributed by atoms with van der Waals surface area (Å²) in [5.41, 5.74) is 0.798. The highest BCUT2D eigenvalue weighted by Crippen LogP contribution is 2.37. The summed E-state index contributed by atoms with van der Waals surface area (Å²) >= 11 is 4.69. The highest BCUT2D eigenvalue weighted by Gasteiger charge is 2.38. The largest absolute Gasteiger partial charge is 0.480 e. The molecule has 1 aromatic carbocycles. The molecule has 0 saturated carbocycles. The molecule has 2 N–H and O–H groups in total. The number of nitrogens with one attached hydrogen (secondary N) is 1. The monoisotopic (exact) mass is 638 g/mol. The van der Waals surface area contributed by atoms with Gasteiger partial charge in [-0.05, 0) is 38.5 Å². The van der Waals surface area contributed by atoms with Crippen molar-refractivity contribution in [2.45, 2.75) is 45.1 Å². The molecule has 11 nitrogen and oxygen atoms in total. The number of nitrogens with zero attached hydrogens (tertiary/aromatic N) is 3. The van der Waals surface area contributed by atoms with Gasteiger partial charge in [-0.1, -0.05) is 22.0 Å². The zero-order valence-electron chi connectivity index (χ0n) is 21.9. The fourth-order valence-corrected chi connectivity index (χ4v) is 5.37. The molecule has 1 fully saturated rings. The molecule has 3 heterocycles. The van der Waals surface area contributed by atoms with Gasteiger partial charge < -0.3 is 24.6 Å². The molecule has 0 spiro atoms. The van der Waals surface area contributed by atoms with Gasteiger partial charge in [0, 0.05) is 34.8 Å². The van der Waals surface area contributed by atoms with E-state index < -0.39 is 48.0 Å². The van der Waals surface area contributed by atoms with E-state index in [-0.39, 0.29) is 25.3 Å². The molecule has 14 heteroatoms. The Balaban J connectivity index is 1.81. The van der Waals surface area contributed by atoms with Gasteiger partial charge in [0.05, 0.1) is 24.9 Å². The molecule has 0 aliphatic carbocycles. The fourth-order valence-electron chi connectivity index (χ4n) is 4.22. The minimum absolute atomic E-state index is 0.00467. The number of hydrogen-bond acceptors (Lipinski definition) is 11. The summed E-state index contributed by atoms with van der Waals surface area (Å²) in [5, 5.41) is 15.2. The first-order valence-corrected chi connectivity index (χ1v) is 14.1. The Labute approximate surface area is 242 Å². The predicted molar refractivity (Wildman–Crippen MR) is 146 cm³/mol. The maximum atomic E-state index is 14.0. The number of carbonyl (C=O) groups is 3. The Morgan fingerprint density at radius 1 is 1.30 bits per heavy atom. The third kappa shape index (κ3) is 6.92. The lowest BCUT2D eigenvalue weighted by Gasteiger charge is -2.35. The lowest BCUT2D eigenvalue weighted by molar-refractivity contribution is -0.167. The lowest BCUT2D eigenvalue weighted by Crippen LogP contribution is -2.52. The molecule has 4 rings (SSSR count). The van der Waals surface area contributed by atoms with Crippen LogP contribution in [0, 0.1) is 5.82 Å². The fraction of sp³-hybridized carbons (Fsp3) is 0.423. The van der Waals surface area contributed by atoms with Gasteiger partial charge in [0.2, 0.25) is 0 Å². The summed E-state index contributed by atoms with van der Waals surface area (Å²) in [6.45, 7) is 5.31. The first-order chi connectivity index (χ1) is 19.0. The van der Waals surface area contributed by atoms with Crippen LogP contribution in [0.5, 0.6) is 0 Å². The van der Waals surface area contributed by atoms with Crippen LogP contribution in [0.25, 0.3) is 0 Å². The van der Waals surface area contributed by atoms with Crippen molar-refractivity contribution in [3.05, 3.63) is 61.9 Å². The zero-order chi connectivity index (χ0) is 29.0. The molecule has 2 aliphatic heterocycles. The second-order valence-electron chi connectivity index (χ2n) is 9.33. The van der Waals surface area contributed by atoms with E-state index in [9.17, 15) is 23.9 Å². The number of amidine groups is 1. The second kappa shape index (κ2) is 13.0. The Hall–Kier alpha value is -3.20. The number of aliphatic carboxylic acids is 1. The van der Waals surface area contributed by atoms with E-state index in [4.69, 9.17) is 19.2 Å². The Bertz CT molecular complexity index is 1330. The molecule has 0 bridgehead atoms. The van der Waals surface area contributed by atoms with Crippen molar-refractivity contribution >= 4 is 51.0 Å². The van der Waals surface area contributed by atoms with Gasteiger partial charge in [-0.15, -0.1) is 11.3 Å². The number of rotatable bonds is 9. The second-order valence-corrected chi connectivity index (χ2v) is 11.1. The molecular weight excluding hydrogens is 611 g/mol. The minimum Gasteiger partial charge on any atom is -0.480 e. The number of thiazole rings is 1. The van der Waals surface area contributed by atoms with Crippen LogP contribution in [-0.4, -0.2) is 83.3 Å². The maximum absolute atomic E-state index is 14.0. The van der Waals surface area contributed by atoms with Gasteiger partial charge in [0.15, 0.2) is 16.9 Å². The molecule has 2 aromatic rings. The number of aromatic nitrogens is 1. The average molecular weight is 640 g/mol. The summed E-state index contributed by atoms with van der Waals surface area (Å²) in [6.07, 6.45) is -0.0483. The average Bonchev–Trinajstić information content (AvgIpc) is 3.43. The van der Waals surface area contributed by atoms with Crippen molar-refractivity contribution in [2.24, 2.45) is 4.99 Å². The smallest absolute Gasteiger partial charge is 0.347 e. The van der Waals surface area contributed by atoms with Crippen molar-refractivity contribution < 1.29 is 38.1 Å². The molecule has 1 saturated heterocycles. The van der Waals surface area contributed by atoms with Crippen LogP contribution >= 0.6 is 27.3 Å². The number of morpholine rings is 1. The number of carboxylic acid groups (broad SMARTS) is 1. The van der Waals surface area contributed by atoms with E-state index in [2.05, 4.69) is 26.2 Å². The van der Waals surface area contributed by atoms with Crippen LogP contribution in [0.3, 0.4) is 0 Å². The van der Waals surface area contributed by atoms with Crippen molar-refractivity contribution in [3.63, 3.8) is 0 Å². The number of esters is 2. The van der Waals surface area contributed by atoms with Gasteiger partial charge in [-0.25, -0.2) is 19.0 Å². The lowest BCUT2D eigenvalue weighted by atomic mass is 9.95. The molecule has 0 radical (unpaired) electrons. The third-order valence-electron chi connectivity index (χ3n) is 6.09. The van der Waals surface area contributed by atoms with Crippen LogP contribution in [0.1, 0.15) is 37.4 Å². The number of carbonyl (C=O) groups excluding carboxylic acids is 2. The van der Waals surface area contributed by atoms with Gasteiger partial charge in [-0.3, -0.25) is 14.7 Å². The van der Waals surface area contributed by atoms with E-state index in [0.29, 0.717) is 33.2 Å². The molecule has 3 atom stereocenters. The number of benzene rings is 1. The van der Waals surface area contributed by atoms with Crippen molar-refractivity contribution in [2.75, 3.05) is 26.3 Å². The SMILES string of the molecule is CC(C)OC(=O)[C@@H](C)OC(=O)C1=C(CN2CCOC[C@H]2C(=O)O)NC(c2nccs2)=N[C@H]1c1ccc(F)cc1Br. The molecule has 1 aromatic heterocycles. The van der Waals surface area contributed by atoms with E-state index in [1.165, 1.54) is 36.5 Å². The highest BCUT2D eigenvalue weighted by atomic mass is 79.9. The first kappa shape index (κ1) is 29.8. The number of carboxylic acids is 1. The minimum atomic E-state index is -1.24. The molecule has 40 heavy (non-hydrogen) atoms. The van der Waals surface area contributed by atoms with Crippen LogP contribution in [0.4, 0.5) is 4.39 Å². The first-order valence-electron chi connectivity index (χ1n) is 12.4. The van der Waals surface area contributed by atoms with E-state index in [0.717, 1.165) is 0 Å². The highest BCUT2D eigenvalue weighted by molar-refractivity contribution is 9.10. The summed E-state index contributed by atoms with van der Waals surface area (Å²) in [6, 6.07) is 2.03. The molecule has 2 aliphatic rings. The molecule has 0 unspecified atom stereocenters. The normalized spacial score (nSPS) is 20.5. The van der Waals surface area contributed by atoms with Gasteiger partial charge >= 0.3 is 17.9 Å². The van der Waals surface area contributed by atoms with Crippen LogP contribution < -0.4 is 5.32 Å². The molecular formula is C26H28BrFN4O7S. The van der Waals surface area contributed by atoms with Crippen LogP contribution in [0.15, 0.2) is 50.5 Å². The Kier molecular flexibility index (Phi) is 9.66. The Morgan fingerprint density at radius 3 is 2.73 bits per heavy atom. The standard InChI is InChI=1S/C26H28BrFN4O7S/c1-13(2)38-25(35)14(3)39-26(36)20-18(11-32-7-8-37-12-19(32)24(33)34)30-22(23-29-6-9-40-23)31-21(20)16-5-4-15(28)10-17(16)27/h4-6,9-10,13-14,19,21H,7-8,11-12H2,1-3H3,(H,30,31)(H,33,34)/t14-,19+,21+/m1/s1. The van der Waals surface area contributed by atoms with E-state index in [1.807, 2.05) is 0 Å².